The van der Waals surface area contributed by atoms with E-state index < -0.39 is 0 Å². The van der Waals surface area contributed by atoms with E-state index in [0.29, 0.717) is 28.1 Å². The number of methoxy groups -OCH3 is 1. The summed E-state index contributed by atoms with van der Waals surface area (Å²) in [6, 6.07) is 14.8. The molecule has 0 atom stereocenters. The van der Waals surface area contributed by atoms with E-state index in [9.17, 15) is 4.79 Å². The fourth-order valence-corrected chi connectivity index (χ4v) is 4.21. The molecule has 31 heavy (non-hydrogen) atoms. The van der Waals surface area contributed by atoms with Gasteiger partial charge in [0.05, 0.1) is 42.0 Å². The highest BCUT2D eigenvalue weighted by molar-refractivity contribution is 7.13. The minimum atomic E-state index is -0.175. The molecule has 0 saturated heterocycles. The largest absolute Gasteiger partial charge is 0.497 e. The molecule has 4 rings (SSSR count). The molecule has 158 valence electrons. The molecule has 0 unspecified atom stereocenters. The minimum Gasteiger partial charge on any atom is -0.497 e. The number of aromatic nitrogens is 3. The van der Waals surface area contributed by atoms with Crippen LogP contribution in [0.25, 0.3) is 10.6 Å². The molecule has 0 fully saturated rings. The highest BCUT2D eigenvalue weighted by Crippen LogP contribution is 2.27. The molecular formula is C22H18Cl2N4O2S. The molecule has 9 heteroatoms. The topological polar surface area (TPSA) is 69.0 Å². The fraction of sp³-hybridized carbons (Fsp3) is 0.136. The van der Waals surface area contributed by atoms with E-state index in [1.165, 1.54) is 11.3 Å². The quantitative estimate of drug-likeness (QED) is 0.382. The van der Waals surface area contributed by atoms with Crippen LogP contribution in [0.2, 0.25) is 10.0 Å². The Balaban J connectivity index is 1.41. The minimum absolute atomic E-state index is 0.162. The van der Waals surface area contributed by atoms with Crippen molar-refractivity contribution >= 4 is 46.3 Å². The van der Waals surface area contributed by atoms with Crippen molar-refractivity contribution in [1.82, 2.24) is 14.8 Å². The zero-order valence-corrected chi connectivity index (χ0v) is 18.8. The molecular weight excluding hydrogens is 455 g/mol. The zero-order chi connectivity index (χ0) is 21.8. The van der Waals surface area contributed by atoms with Crippen LogP contribution in [0.5, 0.6) is 5.75 Å². The van der Waals surface area contributed by atoms with Crippen molar-refractivity contribution in [1.29, 1.82) is 0 Å². The number of carbonyl (C=O) groups is 1. The molecule has 0 spiro atoms. The molecule has 6 nitrogen and oxygen atoms in total. The van der Waals surface area contributed by atoms with Crippen LogP contribution in [0.15, 0.2) is 60.1 Å². The van der Waals surface area contributed by atoms with Gasteiger partial charge in [0, 0.05) is 17.0 Å². The molecule has 0 aliphatic rings. The highest BCUT2D eigenvalue weighted by Gasteiger charge is 2.13. The van der Waals surface area contributed by atoms with Gasteiger partial charge in [-0.3, -0.25) is 4.79 Å². The summed E-state index contributed by atoms with van der Waals surface area (Å²) in [5, 5.41) is 10.9. The van der Waals surface area contributed by atoms with Gasteiger partial charge in [0.2, 0.25) is 5.91 Å². The van der Waals surface area contributed by atoms with Gasteiger partial charge in [-0.2, -0.15) is 5.10 Å². The van der Waals surface area contributed by atoms with Crippen molar-refractivity contribution in [3.8, 4) is 16.3 Å². The number of hydrogen-bond donors (Lipinski definition) is 1. The maximum Gasteiger partial charge on any atom is 0.231 e. The van der Waals surface area contributed by atoms with Crippen molar-refractivity contribution in [3.63, 3.8) is 0 Å². The van der Waals surface area contributed by atoms with Crippen LogP contribution in [0.3, 0.4) is 0 Å². The first kappa shape index (κ1) is 21.4. The predicted octanol–water partition coefficient (Wildman–Crippen LogP) is 5.55. The summed E-state index contributed by atoms with van der Waals surface area (Å²) in [7, 11) is 1.63. The van der Waals surface area contributed by atoms with Crippen LogP contribution >= 0.6 is 34.5 Å². The Kier molecular flexibility index (Phi) is 6.56. The fourth-order valence-electron chi connectivity index (χ4n) is 3.00. The lowest BCUT2D eigenvalue weighted by atomic mass is 10.2. The average molecular weight is 473 g/mol. The summed E-state index contributed by atoms with van der Waals surface area (Å²) >= 11 is 13.9. The predicted molar refractivity (Wildman–Crippen MR) is 124 cm³/mol. The molecule has 4 aromatic rings. The molecule has 0 aliphatic heterocycles. The number of thiazole rings is 1. The number of amides is 1. The molecule has 0 saturated carbocycles. The third-order valence-electron chi connectivity index (χ3n) is 4.57. The van der Waals surface area contributed by atoms with Gasteiger partial charge in [-0.15, -0.1) is 11.3 Å². The number of hydrogen-bond acceptors (Lipinski definition) is 5. The second kappa shape index (κ2) is 9.51. The Morgan fingerprint density at radius 3 is 2.74 bits per heavy atom. The molecule has 0 aliphatic carbocycles. The first-order valence-corrected chi connectivity index (χ1v) is 11.0. The van der Waals surface area contributed by atoms with E-state index in [1.807, 2.05) is 41.8 Å². The van der Waals surface area contributed by atoms with Crippen LogP contribution in [0.1, 0.15) is 11.3 Å². The molecule has 2 heterocycles. The van der Waals surface area contributed by atoms with Crippen molar-refractivity contribution in [2.45, 2.75) is 13.0 Å². The van der Waals surface area contributed by atoms with Gasteiger partial charge in [0.1, 0.15) is 16.6 Å². The Morgan fingerprint density at radius 1 is 1.16 bits per heavy atom. The van der Waals surface area contributed by atoms with Gasteiger partial charge in [0.15, 0.2) is 0 Å². The number of nitrogens with one attached hydrogen (secondary N) is 1. The van der Waals surface area contributed by atoms with E-state index in [-0.39, 0.29) is 12.3 Å². The third-order valence-corrected chi connectivity index (χ3v) is 6.36. The molecule has 2 aromatic heterocycles. The second-order valence-electron chi connectivity index (χ2n) is 6.68. The number of ether oxygens (including phenoxy) is 1. The SMILES string of the molecule is COc1ccc(-c2nc(CC(=O)Nc3ccnn3Cc3cccc(Cl)c3Cl)cs2)cc1. The van der Waals surface area contributed by atoms with Gasteiger partial charge in [-0.1, -0.05) is 35.3 Å². The summed E-state index contributed by atoms with van der Waals surface area (Å²) in [5.41, 5.74) is 2.50. The van der Waals surface area contributed by atoms with Crippen molar-refractivity contribution in [2.75, 3.05) is 12.4 Å². The third kappa shape index (κ3) is 5.07. The van der Waals surface area contributed by atoms with Crippen molar-refractivity contribution in [2.24, 2.45) is 0 Å². The van der Waals surface area contributed by atoms with E-state index in [4.69, 9.17) is 27.9 Å². The van der Waals surface area contributed by atoms with Gasteiger partial charge in [0.25, 0.3) is 0 Å². The van der Waals surface area contributed by atoms with Gasteiger partial charge >= 0.3 is 0 Å². The summed E-state index contributed by atoms with van der Waals surface area (Å²) in [6.45, 7) is 0.389. The van der Waals surface area contributed by atoms with Crippen LogP contribution in [-0.2, 0) is 17.8 Å². The molecule has 1 N–H and O–H groups in total. The lowest BCUT2D eigenvalue weighted by molar-refractivity contribution is -0.115. The van der Waals surface area contributed by atoms with Crippen molar-refractivity contribution in [3.05, 3.63) is 81.4 Å². The van der Waals surface area contributed by atoms with E-state index in [0.717, 1.165) is 21.9 Å². The number of halogens is 2. The maximum atomic E-state index is 12.6. The lowest BCUT2D eigenvalue weighted by Crippen LogP contribution is -2.18. The summed E-state index contributed by atoms with van der Waals surface area (Å²) < 4.78 is 6.85. The Labute approximate surface area is 193 Å². The number of rotatable bonds is 7. The number of nitrogens with zero attached hydrogens (tertiary/aromatic N) is 3. The molecule has 0 radical (unpaired) electrons. The second-order valence-corrected chi connectivity index (χ2v) is 8.33. The van der Waals surface area contributed by atoms with Crippen LogP contribution in [0, 0.1) is 0 Å². The highest BCUT2D eigenvalue weighted by atomic mass is 35.5. The first-order chi connectivity index (χ1) is 15.0. The van der Waals surface area contributed by atoms with Crippen molar-refractivity contribution < 1.29 is 9.53 Å². The Morgan fingerprint density at radius 2 is 1.97 bits per heavy atom. The Hall–Kier alpha value is -2.87. The van der Waals surface area contributed by atoms with Gasteiger partial charge < -0.3 is 10.1 Å². The molecule has 2 aromatic carbocycles. The summed E-state index contributed by atoms with van der Waals surface area (Å²) in [6.07, 6.45) is 1.79. The summed E-state index contributed by atoms with van der Waals surface area (Å²) in [4.78, 5) is 17.2. The van der Waals surface area contributed by atoms with Gasteiger partial charge in [-0.25, -0.2) is 9.67 Å². The van der Waals surface area contributed by atoms with Gasteiger partial charge in [-0.05, 0) is 35.9 Å². The standard InChI is InChI=1S/C22H18Cl2N4O2S/c1-30-17-7-5-14(6-8-17)22-26-16(13-31-22)11-20(29)27-19-9-10-25-28(19)12-15-3-2-4-18(23)21(15)24/h2-10,13H,11-12H2,1H3,(H,27,29). The van der Waals surface area contributed by atoms with E-state index >= 15 is 0 Å². The van der Waals surface area contributed by atoms with Crippen LogP contribution in [-0.4, -0.2) is 27.8 Å². The number of carbonyl (C=O) groups excluding carboxylic acids is 1. The summed E-state index contributed by atoms with van der Waals surface area (Å²) in [5.74, 6) is 1.19. The van der Waals surface area contributed by atoms with E-state index in [1.54, 1.807) is 30.1 Å². The number of anilines is 1. The first-order valence-electron chi connectivity index (χ1n) is 9.37. The molecule has 0 bridgehead atoms. The maximum absolute atomic E-state index is 12.6. The Bertz CT molecular complexity index is 1200. The van der Waals surface area contributed by atoms with Crippen LogP contribution < -0.4 is 10.1 Å². The monoisotopic (exact) mass is 472 g/mol. The smallest absolute Gasteiger partial charge is 0.231 e. The zero-order valence-electron chi connectivity index (χ0n) is 16.5. The number of benzene rings is 2. The normalized spacial score (nSPS) is 10.8. The van der Waals surface area contributed by atoms with E-state index in [2.05, 4.69) is 15.4 Å². The average Bonchev–Trinajstić information content (AvgIpc) is 3.41. The van der Waals surface area contributed by atoms with Crippen LogP contribution in [0.4, 0.5) is 5.82 Å². The molecule has 1 amide bonds. The lowest BCUT2D eigenvalue weighted by Gasteiger charge is -2.10.